The van der Waals surface area contributed by atoms with E-state index in [0.29, 0.717) is 13.0 Å². The van der Waals surface area contributed by atoms with E-state index in [4.69, 9.17) is 16.3 Å². The van der Waals surface area contributed by atoms with Gasteiger partial charge in [0.15, 0.2) is 0 Å². The molecule has 1 aromatic carbocycles. The third kappa shape index (κ3) is 3.42. The van der Waals surface area contributed by atoms with E-state index in [0.717, 1.165) is 18.6 Å². The summed E-state index contributed by atoms with van der Waals surface area (Å²) >= 11 is 5.66. The highest BCUT2D eigenvalue weighted by atomic mass is 35.5. The van der Waals surface area contributed by atoms with Gasteiger partial charge in [-0.25, -0.2) is 12.8 Å². The molecule has 2 heterocycles. The molecular formula is C15H18ClFN2O4S. The third-order valence-corrected chi connectivity index (χ3v) is 6.43. The molecule has 0 aliphatic carbocycles. The summed E-state index contributed by atoms with van der Waals surface area (Å²) in [5.41, 5.74) is 0. The number of amides is 1. The lowest BCUT2D eigenvalue weighted by Crippen LogP contribution is -2.52. The number of carbonyl (C=O) groups excluding carboxylic acids is 1. The molecule has 2 saturated heterocycles. The lowest BCUT2D eigenvalue weighted by Gasteiger charge is -2.35. The fourth-order valence-electron chi connectivity index (χ4n) is 2.95. The Kier molecular flexibility index (Phi) is 5.10. The minimum Gasteiger partial charge on any atom is -0.368 e. The summed E-state index contributed by atoms with van der Waals surface area (Å²) in [6.45, 7) is 1.38. The van der Waals surface area contributed by atoms with Crippen molar-refractivity contribution < 1.29 is 22.3 Å². The van der Waals surface area contributed by atoms with E-state index in [1.807, 2.05) is 0 Å². The number of hydrogen-bond donors (Lipinski definition) is 0. The summed E-state index contributed by atoms with van der Waals surface area (Å²) in [5.74, 6) is -0.970. The number of rotatable bonds is 3. The molecule has 2 aliphatic heterocycles. The van der Waals surface area contributed by atoms with Gasteiger partial charge in [0.05, 0.1) is 0 Å². The maximum Gasteiger partial charge on any atom is 0.251 e. The fraction of sp³-hybridized carbons (Fsp3) is 0.533. The molecule has 1 aromatic rings. The number of hydrogen-bond acceptors (Lipinski definition) is 4. The largest absolute Gasteiger partial charge is 0.368 e. The van der Waals surface area contributed by atoms with Gasteiger partial charge in [-0.1, -0.05) is 11.6 Å². The maximum atomic E-state index is 13.9. The number of ether oxygens (including phenoxy) is 1. The average Bonchev–Trinajstić information content (AvgIpc) is 3.08. The Morgan fingerprint density at radius 1 is 1.25 bits per heavy atom. The number of sulfonamides is 1. The zero-order valence-electron chi connectivity index (χ0n) is 13.0. The van der Waals surface area contributed by atoms with Crippen molar-refractivity contribution in [1.82, 2.24) is 9.21 Å². The lowest BCUT2D eigenvalue weighted by atomic mass is 10.2. The van der Waals surface area contributed by atoms with Gasteiger partial charge in [0, 0.05) is 37.8 Å². The first-order valence-electron chi connectivity index (χ1n) is 7.75. The van der Waals surface area contributed by atoms with Crippen LogP contribution in [0.2, 0.25) is 5.02 Å². The molecule has 6 nitrogen and oxygen atoms in total. The summed E-state index contributed by atoms with van der Waals surface area (Å²) in [5, 5.41) is 0.137. The van der Waals surface area contributed by atoms with Gasteiger partial charge >= 0.3 is 0 Å². The SMILES string of the molecule is O=C([C@H]1CCCO1)N1CCN(S(=O)(=O)c2ccc(Cl)cc2F)CC1. The van der Waals surface area contributed by atoms with Gasteiger partial charge in [0.1, 0.15) is 16.8 Å². The van der Waals surface area contributed by atoms with Crippen LogP contribution in [0.1, 0.15) is 12.8 Å². The topological polar surface area (TPSA) is 66.9 Å². The van der Waals surface area contributed by atoms with Crippen LogP contribution in [0.4, 0.5) is 4.39 Å². The molecule has 3 rings (SSSR count). The molecular weight excluding hydrogens is 359 g/mol. The standard InChI is InChI=1S/C15H18ClFN2O4S/c16-11-3-4-14(12(17)10-11)24(21,22)19-7-5-18(6-8-19)15(20)13-2-1-9-23-13/h3-4,10,13H,1-2,5-9H2/t13-/m1/s1. The monoisotopic (exact) mass is 376 g/mol. The van der Waals surface area contributed by atoms with Crippen molar-refractivity contribution in [3.8, 4) is 0 Å². The van der Waals surface area contributed by atoms with Gasteiger partial charge in [0.25, 0.3) is 5.91 Å². The minimum atomic E-state index is -3.95. The average molecular weight is 377 g/mol. The molecule has 0 spiro atoms. The Balaban J connectivity index is 1.68. The number of piperazine rings is 1. The highest BCUT2D eigenvalue weighted by molar-refractivity contribution is 7.89. The summed E-state index contributed by atoms with van der Waals surface area (Å²) in [6, 6.07) is 3.48. The first-order valence-corrected chi connectivity index (χ1v) is 9.57. The van der Waals surface area contributed by atoms with Crippen LogP contribution in [0.25, 0.3) is 0 Å². The fourth-order valence-corrected chi connectivity index (χ4v) is 4.57. The van der Waals surface area contributed by atoms with Gasteiger partial charge in [-0.05, 0) is 31.0 Å². The molecule has 0 bridgehead atoms. The van der Waals surface area contributed by atoms with E-state index in [9.17, 15) is 17.6 Å². The van der Waals surface area contributed by atoms with Crippen molar-refractivity contribution in [3.05, 3.63) is 29.0 Å². The molecule has 0 saturated carbocycles. The van der Waals surface area contributed by atoms with Crippen molar-refractivity contribution in [2.75, 3.05) is 32.8 Å². The smallest absolute Gasteiger partial charge is 0.251 e. The first kappa shape index (κ1) is 17.6. The van der Waals surface area contributed by atoms with E-state index < -0.39 is 26.8 Å². The lowest BCUT2D eigenvalue weighted by molar-refractivity contribution is -0.142. The predicted molar refractivity (Wildman–Crippen MR) is 85.7 cm³/mol. The van der Waals surface area contributed by atoms with Gasteiger partial charge in [-0.2, -0.15) is 4.31 Å². The van der Waals surface area contributed by atoms with Crippen LogP contribution in [-0.2, 0) is 19.6 Å². The minimum absolute atomic E-state index is 0.0952. The van der Waals surface area contributed by atoms with E-state index in [1.165, 1.54) is 10.4 Å². The van der Waals surface area contributed by atoms with Crippen molar-refractivity contribution >= 4 is 27.5 Å². The summed E-state index contributed by atoms with van der Waals surface area (Å²) in [6.07, 6.45) is 1.15. The van der Waals surface area contributed by atoms with Gasteiger partial charge in [-0.15, -0.1) is 0 Å². The zero-order chi connectivity index (χ0) is 17.3. The molecule has 2 aliphatic rings. The van der Waals surface area contributed by atoms with Gasteiger partial charge in [-0.3, -0.25) is 4.79 Å². The van der Waals surface area contributed by atoms with Crippen LogP contribution < -0.4 is 0 Å². The molecule has 0 N–H and O–H groups in total. The molecule has 0 radical (unpaired) electrons. The van der Waals surface area contributed by atoms with Crippen molar-refractivity contribution in [2.24, 2.45) is 0 Å². The van der Waals surface area contributed by atoms with Crippen LogP contribution in [0.3, 0.4) is 0 Å². The van der Waals surface area contributed by atoms with Crippen LogP contribution in [0, 0.1) is 5.82 Å². The molecule has 0 unspecified atom stereocenters. The number of carbonyl (C=O) groups is 1. The van der Waals surface area contributed by atoms with Crippen LogP contribution >= 0.6 is 11.6 Å². The normalized spacial score (nSPS) is 22.8. The molecule has 24 heavy (non-hydrogen) atoms. The van der Waals surface area contributed by atoms with Gasteiger partial charge < -0.3 is 9.64 Å². The Labute approximate surface area is 145 Å². The second-order valence-electron chi connectivity index (χ2n) is 5.81. The van der Waals surface area contributed by atoms with Crippen LogP contribution in [0.5, 0.6) is 0 Å². The van der Waals surface area contributed by atoms with E-state index >= 15 is 0 Å². The highest BCUT2D eigenvalue weighted by Gasteiger charge is 2.34. The Morgan fingerprint density at radius 2 is 1.96 bits per heavy atom. The molecule has 2 fully saturated rings. The second kappa shape index (κ2) is 6.95. The zero-order valence-corrected chi connectivity index (χ0v) is 14.5. The van der Waals surface area contributed by atoms with E-state index in [1.54, 1.807) is 4.90 Å². The maximum absolute atomic E-state index is 13.9. The Hall–Kier alpha value is -1.22. The number of benzene rings is 1. The summed E-state index contributed by atoms with van der Waals surface area (Å²) in [4.78, 5) is 13.5. The first-order chi connectivity index (χ1) is 11.4. The summed E-state index contributed by atoms with van der Waals surface area (Å²) in [7, 11) is -3.95. The number of halogens is 2. The molecule has 0 aromatic heterocycles. The molecule has 132 valence electrons. The molecule has 1 atom stereocenters. The number of nitrogens with zero attached hydrogens (tertiary/aromatic N) is 2. The highest BCUT2D eigenvalue weighted by Crippen LogP contribution is 2.24. The Bertz CT molecular complexity index is 729. The van der Waals surface area contributed by atoms with Gasteiger partial charge in [0.2, 0.25) is 10.0 Å². The Morgan fingerprint density at radius 3 is 2.54 bits per heavy atom. The van der Waals surface area contributed by atoms with Crippen LogP contribution in [0.15, 0.2) is 23.1 Å². The van der Waals surface area contributed by atoms with Crippen molar-refractivity contribution in [2.45, 2.75) is 23.8 Å². The van der Waals surface area contributed by atoms with E-state index in [-0.39, 0.29) is 37.1 Å². The third-order valence-electron chi connectivity index (χ3n) is 4.27. The molecule has 9 heteroatoms. The second-order valence-corrected chi connectivity index (χ2v) is 8.15. The summed E-state index contributed by atoms with van der Waals surface area (Å²) < 4.78 is 45.6. The molecule has 1 amide bonds. The quantitative estimate of drug-likeness (QED) is 0.801. The van der Waals surface area contributed by atoms with E-state index in [2.05, 4.69) is 0 Å². The predicted octanol–water partition coefficient (Wildman–Crippen LogP) is 1.49. The van der Waals surface area contributed by atoms with Crippen molar-refractivity contribution in [3.63, 3.8) is 0 Å². The van der Waals surface area contributed by atoms with Crippen LogP contribution in [-0.4, -0.2) is 62.4 Å². The van der Waals surface area contributed by atoms with Crippen molar-refractivity contribution in [1.29, 1.82) is 0 Å².